The fourth-order valence-electron chi connectivity index (χ4n) is 3.24. The molecule has 0 unspecified atom stereocenters. The number of likely N-dealkylation sites (tertiary alicyclic amines) is 1. The average Bonchev–Trinajstić information content (AvgIpc) is 3.23. The first-order chi connectivity index (χ1) is 11.0. The zero-order valence-corrected chi connectivity index (χ0v) is 12.8. The summed E-state index contributed by atoms with van der Waals surface area (Å²) < 4.78 is 12.9. The predicted octanol–water partition coefficient (Wildman–Crippen LogP) is 1.52. The molecule has 4 rings (SSSR count). The van der Waals surface area contributed by atoms with Gasteiger partial charge in [0.2, 0.25) is 11.8 Å². The van der Waals surface area contributed by atoms with E-state index in [1.54, 1.807) is 17.0 Å². The Balaban J connectivity index is 1.31. The van der Waals surface area contributed by atoms with Crippen LogP contribution in [0, 0.1) is 11.7 Å². The Morgan fingerprint density at radius 1 is 1.26 bits per heavy atom. The van der Waals surface area contributed by atoms with Gasteiger partial charge in [-0.15, -0.1) is 0 Å². The highest BCUT2D eigenvalue weighted by molar-refractivity contribution is 5.82. The van der Waals surface area contributed by atoms with E-state index in [4.69, 9.17) is 4.84 Å². The number of halogens is 1. The average molecular weight is 318 g/mol. The molecule has 2 aliphatic heterocycles. The van der Waals surface area contributed by atoms with E-state index in [9.17, 15) is 14.0 Å². The van der Waals surface area contributed by atoms with E-state index >= 15 is 0 Å². The molecule has 6 heteroatoms. The van der Waals surface area contributed by atoms with Gasteiger partial charge in [-0.2, -0.15) is 0 Å². The molecule has 1 aliphatic carbocycles. The topological polar surface area (TPSA) is 49.9 Å². The van der Waals surface area contributed by atoms with E-state index in [1.165, 1.54) is 30.0 Å². The standard InChI is InChI=1S/C17H19FN2O3/c18-14-5-3-12(4-6-14)7-15(21)19-10-17(11-19)8-16(22)20(23-17)9-13-1-2-13/h3-6,13H,1-2,7-11H2. The van der Waals surface area contributed by atoms with Crippen molar-refractivity contribution in [2.45, 2.75) is 31.3 Å². The quantitative estimate of drug-likeness (QED) is 0.846. The molecule has 3 fully saturated rings. The zero-order chi connectivity index (χ0) is 16.0. The fourth-order valence-corrected chi connectivity index (χ4v) is 3.24. The van der Waals surface area contributed by atoms with Gasteiger partial charge in [0.25, 0.3) is 0 Å². The number of amides is 2. The Morgan fingerprint density at radius 2 is 1.96 bits per heavy atom. The molecule has 2 amide bonds. The lowest BCUT2D eigenvalue weighted by atomic mass is 9.90. The maximum absolute atomic E-state index is 12.9. The van der Waals surface area contributed by atoms with Gasteiger partial charge in [-0.05, 0) is 36.5 Å². The summed E-state index contributed by atoms with van der Waals surface area (Å²) in [6, 6.07) is 5.95. The highest BCUT2D eigenvalue weighted by Gasteiger charge is 2.55. The van der Waals surface area contributed by atoms with Gasteiger partial charge in [0.1, 0.15) is 11.4 Å². The van der Waals surface area contributed by atoms with E-state index in [0.717, 1.165) is 5.56 Å². The fraction of sp³-hybridized carbons (Fsp3) is 0.529. The summed E-state index contributed by atoms with van der Waals surface area (Å²) in [6.07, 6.45) is 2.95. The number of carbonyl (C=O) groups is 2. The number of benzene rings is 1. The van der Waals surface area contributed by atoms with Crippen molar-refractivity contribution in [2.75, 3.05) is 19.6 Å². The van der Waals surface area contributed by atoms with Gasteiger partial charge in [0, 0.05) is 0 Å². The van der Waals surface area contributed by atoms with Crippen LogP contribution in [0.4, 0.5) is 4.39 Å². The molecule has 0 aromatic heterocycles. The molecule has 1 spiro atoms. The van der Waals surface area contributed by atoms with Crippen LogP contribution >= 0.6 is 0 Å². The summed E-state index contributed by atoms with van der Waals surface area (Å²) in [5.74, 6) is 0.296. The second-order valence-electron chi connectivity index (χ2n) is 6.90. The number of carbonyl (C=O) groups excluding carboxylic acids is 2. The van der Waals surface area contributed by atoms with Crippen LogP contribution in [0.2, 0.25) is 0 Å². The van der Waals surface area contributed by atoms with E-state index in [2.05, 4.69) is 0 Å². The lowest BCUT2D eigenvalue weighted by Crippen LogP contribution is -2.64. The van der Waals surface area contributed by atoms with Gasteiger partial charge in [0.05, 0.1) is 32.5 Å². The molecule has 0 radical (unpaired) electrons. The van der Waals surface area contributed by atoms with Gasteiger partial charge in [-0.3, -0.25) is 14.4 Å². The van der Waals surface area contributed by atoms with Crippen molar-refractivity contribution in [1.82, 2.24) is 9.96 Å². The first-order valence-electron chi connectivity index (χ1n) is 8.05. The van der Waals surface area contributed by atoms with E-state index in [0.29, 0.717) is 32.0 Å². The van der Waals surface area contributed by atoms with Crippen LogP contribution in [0.3, 0.4) is 0 Å². The maximum atomic E-state index is 12.9. The van der Waals surface area contributed by atoms with Gasteiger partial charge in [0.15, 0.2) is 0 Å². The largest absolute Gasteiger partial charge is 0.336 e. The second-order valence-corrected chi connectivity index (χ2v) is 6.90. The molecule has 1 saturated carbocycles. The van der Waals surface area contributed by atoms with Crippen LogP contribution in [-0.4, -0.2) is 47.0 Å². The number of nitrogens with zero attached hydrogens (tertiary/aromatic N) is 2. The van der Waals surface area contributed by atoms with Crippen LogP contribution in [-0.2, 0) is 20.8 Å². The van der Waals surface area contributed by atoms with Crippen LogP contribution < -0.4 is 0 Å². The molecule has 23 heavy (non-hydrogen) atoms. The Morgan fingerprint density at radius 3 is 2.61 bits per heavy atom. The maximum Gasteiger partial charge on any atom is 0.249 e. The van der Waals surface area contributed by atoms with Crippen molar-refractivity contribution in [3.8, 4) is 0 Å². The smallest absolute Gasteiger partial charge is 0.249 e. The van der Waals surface area contributed by atoms with Crippen LogP contribution in [0.15, 0.2) is 24.3 Å². The lowest BCUT2D eigenvalue weighted by molar-refractivity contribution is -0.235. The minimum atomic E-state index is -0.509. The molecule has 2 saturated heterocycles. The molecule has 0 N–H and O–H groups in total. The third kappa shape index (κ3) is 2.95. The Kier molecular flexibility index (Phi) is 3.37. The van der Waals surface area contributed by atoms with Gasteiger partial charge < -0.3 is 4.90 Å². The summed E-state index contributed by atoms with van der Waals surface area (Å²) in [6.45, 7) is 1.60. The van der Waals surface area contributed by atoms with E-state index in [1.807, 2.05) is 0 Å². The van der Waals surface area contributed by atoms with E-state index in [-0.39, 0.29) is 24.1 Å². The molecule has 2 heterocycles. The van der Waals surface area contributed by atoms with Gasteiger partial charge in [-0.1, -0.05) is 12.1 Å². The molecule has 3 aliphatic rings. The molecule has 1 aromatic carbocycles. The monoisotopic (exact) mass is 318 g/mol. The van der Waals surface area contributed by atoms with E-state index < -0.39 is 5.60 Å². The number of hydrogen-bond donors (Lipinski definition) is 0. The minimum absolute atomic E-state index is 0.0149. The zero-order valence-electron chi connectivity index (χ0n) is 12.8. The molecule has 0 atom stereocenters. The van der Waals surface area contributed by atoms with Crippen LogP contribution in [0.25, 0.3) is 0 Å². The summed E-state index contributed by atoms with van der Waals surface area (Å²) >= 11 is 0. The highest BCUT2D eigenvalue weighted by atomic mass is 19.1. The van der Waals surface area contributed by atoms with Crippen molar-refractivity contribution in [3.63, 3.8) is 0 Å². The van der Waals surface area contributed by atoms with Gasteiger partial charge in [-0.25, -0.2) is 9.45 Å². The molecular formula is C17H19FN2O3. The van der Waals surface area contributed by atoms with Crippen molar-refractivity contribution in [2.24, 2.45) is 5.92 Å². The molecule has 5 nitrogen and oxygen atoms in total. The third-order valence-electron chi connectivity index (χ3n) is 4.76. The van der Waals surface area contributed by atoms with Crippen LogP contribution in [0.1, 0.15) is 24.8 Å². The van der Waals surface area contributed by atoms with Crippen molar-refractivity contribution >= 4 is 11.8 Å². The number of hydroxylamine groups is 2. The Hall–Kier alpha value is -1.95. The predicted molar refractivity (Wildman–Crippen MR) is 79.6 cm³/mol. The normalized spacial score (nSPS) is 22.6. The lowest BCUT2D eigenvalue weighted by Gasteiger charge is -2.46. The Labute approximate surface area is 134 Å². The number of rotatable bonds is 4. The first-order valence-corrected chi connectivity index (χ1v) is 8.05. The SMILES string of the molecule is O=C(Cc1ccc(F)cc1)N1CC2(CC(=O)N(CC3CC3)O2)C1. The van der Waals surface area contributed by atoms with Gasteiger partial charge >= 0.3 is 0 Å². The van der Waals surface area contributed by atoms with Crippen molar-refractivity contribution in [1.29, 1.82) is 0 Å². The molecule has 122 valence electrons. The molecular weight excluding hydrogens is 299 g/mol. The molecule has 1 aromatic rings. The van der Waals surface area contributed by atoms with Crippen molar-refractivity contribution < 1.29 is 18.8 Å². The first kappa shape index (κ1) is 14.6. The summed E-state index contributed by atoms with van der Waals surface area (Å²) in [5.41, 5.74) is 0.279. The summed E-state index contributed by atoms with van der Waals surface area (Å²) in [5, 5.41) is 1.50. The summed E-state index contributed by atoms with van der Waals surface area (Å²) in [7, 11) is 0. The number of hydrogen-bond acceptors (Lipinski definition) is 3. The second kappa shape index (κ2) is 5.30. The molecule has 0 bridgehead atoms. The third-order valence-corrected chi connectivity index (χ3v) is 4.76. The van der Waals surface area contributed by atoms with Crippen LogP contribution in [0.5, 0.6) is 0 Å². The van der Waals surface area contributed by atoms with Crippen molar-refractivity contribution in [3.05, 3.63) is 35.6 Å². The Bertz CT molecular complexity index is 636. The summed E-state index contributed by atoms with van der Waals surface area (Å²) in [4.78, 5) is 31.8. The highest BCUT2D eigenvalue weighted by Crippen LogP contribution is 2.38. The minimum Gasteiger partial charge on any atom is -0.336 e.